The Balaban J connectivity index is 4.64. The molecule has 0 aromatic rings. The lowest BCUT2D eigenvalue weighted by Crippen LogP contribution is -2.26. The molecule has 0 heterocycles. The van der Waals surface area contributed by atoms with Crippen molar-refractivity contribution < 1.29 is 21.6 Å². The van der Waals surface area contributed by atoms with E-state index in [1.165, 1.54) is 0 Å². The van der Waals surface area contributed by atoms with E-state index in [1.54, 1.807) is 0 Å². The van der Waals surface area contributed by atoms with E-state index < -0.39 is 26.1 Å². The zero-order valence-electron chi connectivity index (χ0n) is 5.15. The predicted molar refractivity (Wildman–Crippen MR) is 34.8 cm³/mol. The molecule has 0 aromatic heterocycles. The largest absolute Gasteiger partial charge is 0.497 e. The van der Waals surface area contributed by atoms with Gasteiger partial charge in [-0.2, -0.15) is 13.2 Å². The predicted octanol–water partition coefficient (Wildman–Crippen LogP) is 1.67. The maximum Gasteiger partial charge on any atom is 0.497 e. The van der Waals surface area contributed by atoms with Gasteiger partial charge in [-0.05, 0) is 0 Å². The lowest BCUT2D eigenvalue weighted by molar-refractivity contribution is -0.0433. The maximum absolute atomic E-state index is 11.5. The van der Waals surface area contributed by atoms with Gasteiger partial charge in [0.2, 0.25) is 0 Å². The fourth-order valence-electron chi connectivity index (χ4n) is 0.288. The van der Waals surface area contributed by atoms with Gasteiger partial charge in [0.25, 0.3) is 9.84 Å². The molecule has 0 atom stereocenters. The third-order valence-electron chi connectivity index (χ3n) is 0.699. The van der Waals surface area contributed by atoms with Crippen LogP contribution in [0.2, 0.25) is 0 Å². The molecule has 0 N–H and O–H groups in total. The summed E-state index contributed by atoms with van der Waals surface area (Å²) in [5.74, 6) is -1.27. The molecule has 0 unspecified atom stereocenters. The number of rotatable bonds is 2. The molecule has 0 amide bonds. The van der Waals surface area contributed by atoms with E-state index in [4.69, 9.17) is 11.6 Å². The molecule has 0 radical (unpaired) electrons. The average Bonchev–Trinajstić information content (AvgIpc) is 1.56. The van der Waals surface area contributed by atoms with Crippen LogP contribution in [0.4, 0.5) is 13.2 Å². The van der Waals surface area contributed by atoms with Crippen molar-refractivity contribution in [2.24, 2.45) is 0 Å². The molecule has 0 saturated heterocycles. The second kappa shape index (κ2) is 3.02. The van der Waals surface area contributed by atoms with Gasteiger partial charge in [0.15, 0.2) is 0 Å². The molecular formula is C4H4ClF3O2S. The molecule has 0 bridgehead atoms. The van der Waals surface area contributed by atoms with Crippen LogP contribution >= 0.6 is 11.6 Å². The average molecular weight is 209 g/mol. The van der Waals surface area contributed by atoms with Crippen LogP contribution in [-0.4, -0.2) is 19.7 Å². The normalized spacial score (nSPS) is 13.1. The van der Waals surface area contributed by atoms with Gasteiger partial charge >= 0.3 is 5.51 Å². The molecule has 11 heavy (non-hydrogen) atoms. The minimum atomic E-state index is -5.25. The Kier molecular flexibility index (Phi) is 2.96. The summed E-state index contributed by atoms with van der Waals surface area (Å²) in [5, 5.41) is -0.553. The third-order valence-corrected chi connectivity index (χ3v) is 2.43. The van der Waals surface area contributed by atoms with E-state index in [1.807, 2.05) is 0 Å². The van der Waals surface area contributed by atoms with Gasteiger partial charge in [0, 0.05) is 5.03 Å². The van der Waals surface area contributed by atoms with Crippen LogP contribution in [-0.2, 0) is 9.84 Å². The molecule has 0 aliphatic heterocycles. The van der Waals surface area contributed by atoms with Crippen LogP contribution in [0, 0.1) is 0 Å². The summed E-state index contributed by atoms with van der Waals surface area (Å²) in [4.78, 5) is 0. The molecule has 0 aliphatic carbocycles. The number of hydrogen-bond donors (Lipinski definition) is 0. The van der Waals surface area contributed by atoms with Crippen molar-refractivity contribution in [3.63, 3.8) is 0 Å². The van der Waals surface area contributed by atoms with Crippen molar-refractivity contribution in [3.8, 4) is 0 Å². The SMILES string of the molecule is C=C(Cl)CS(=O)(=O)C(F)(F)F. The highest BCUT2D eigenvalue weighted by Gasteiger charge is 2.45. The van der Waals surface area contributed by atoms with Crippen molar-refractivity contribution >= 4 is 21.4 Å². The van der Waals surface area contributed by atoms with Crippen molar-refractivity contribution in [1.82, 2.24) is 0 Å². The summed E-state index contributed by atoms with van der Waals surface area (Å²) in [5.41, 5.74) is -5.25. The minimum Gasteiger partial charge on any atom is -0.219 e. The Hall–Kier alpha value is -0.230. The van der Waals surface area contributed by atoms with E-state index in [0.29, 0.717) is 0 Å². The van der Waals surface area contributed by atoms with Gasteiger partial charge in [-0.3, -0.25) is 0 Å². The Morgan fingerprint density at radius 3 is 1.91 bits per heavy atom. The second-order valence-corrected chi connectivity index (χ2v) is 4.24. The first-order chi connectivity index (χ1) is 4.67. The highest BCUT2D eigenvalue weighted by atomic mass is 35.5. The lowest BCUT2D eigenvalue weighted by atomic mass is 10.7. The number of alkyl halides is 3. The van der Waals surface area contributed by atoms with Crippen molar-refractivity contribution in [2.45, 2.75) is 5.51 Å². The second-order valence-electron chi connectivity index (χ2n) is 1.72. The van der Waals surface area contributed by atoms with Crippen LogP contribution in [0.15, 0.2) is 11.6 Å². The zero-order valence-corrected chi connectivity index (χ0v) is 6.72. The Labute approximate surface area is 66.6 Å². The Morgan fingerprint density at radius 1 is 1.45 bits per heavy atom. The molecule has 0 aliphatic rings. The van der Waals surface area contributed by atoms with E-state index >= 15 is 0 Å². The van der Waals surface area contributed by atoms with Gasteiger partial charge in [0.1, 0.15) is 0 Å². The molecule has 7 heteroatoms. The molecule has 66 valence electrons. The first kappa shape index (κ1) is 10.8. The smallest absolute Gasteiger partial charge is 0.219 e. The van der Waals surface area contributed by atoms with Gasteiger partial charge in [-0.15, -0.1) is 0 Å². The monoisotopic (exact) mass is 208 g/mol. The quantitative estimate of drug-likeness (QED) is 0.692. The first-order valence-corrected chi connectivity index (χ1v) is 4.32. The molecule has 0 spiro atoms. The molecule has 0 rings (SSSR count). The van der Waals surface area contributed by atoms with Crippen LogP contribution in [0.25, 0.3) is 0 Å². The molecule has 0 fully saturated rings. The number of halogens is 4. The summed E-state index contributed by atoms with van der Waals surface area (Å²) in [6.07, 6.45) is 0. The Morgan fingerprint density at radius 2 is 1.82 bits per heavy atom. The number of sulfone groups is 1. The molecule has 2 nitrogen and oxygen atoms in total. The molecule has 0 saturated carbocycles. The highest BCUT2D eigenvalue weighted by molar-refractivity contribution is 7.92. The van der Waals surface area contributed by atoms with E-state index in [0.717, 1.165) is 0 Å². The van der Waals surface area contributed by atoms with Crippen LogP contribution in [0.5, 0.6) is 0 Å². The lowest BCUT2D eigenvalue weighted by Gasteiger charge is -2.05. The highest BCUT2D eigenvalue weighted by Crippen LogP contribution is 2.25. The third kappa shape index (κ3) is 3.11. The summed E-state index contributed by atoms with van der Waals surface area (Å²) >= 11 is 4.89. The number of hydrogen-bond acceptors (Lipinski definition) is 2. The zero-order chi connectivity index (χ0) is 9.28. The standard InChI is InChI=1S/C4H4ClF3O2S/c1-3(5)2-11(9,10)4(6,7)8/h1-2H2. The molecular weight excluding hydrogens is 205 g/mol. The van der Waals surface area contributed by atoms with E-state index in [2.05, 4.69) is 6.58 Å². The topological polar surface area (TPSA) is 34.1 Å². The van der Waals surface area contributed by atoms with Crippen LogP contribution < -0.4 is 0 Å². The summed E-state index contributed by atoms with van der Waals surface area (Å²) in [6, 6.07) is 0. The summed E-state index contributed by atoms with van der Waals surface area (Å²) in [7, 11) is -5.13. The Bertz CT molecular complexity index is 253. The summed E-state index contributed by atoms with van der Waals surface area (Å²) in [6.45, 7) is 2.84. The van der Waals surface area contributed by atoms with Crippen LogP contribution in [0.1, 0.15) is 0 Å². The van der Waals surface area contributed by atoms with Gasteiger partial charge in [-0.1, -0.05) is 18.2 Å². The molecule has 0 aromatic carbocycles. The van der Waals surface area contributed by atoms with Crippen molar-refractivity contribution in [2.75, 3.05) is 5.75 Å². The van der Waals surface area contributed by atoms with Gasteiger partial charge < -0.3 is 0 Å². The fourth-order valence-corrected chi connectivity index (χ4v) is 1.29. The van der Waals surface area contributed by atoms with Crippen LogP contribution in [0.3, 0.4) is 0 Å². The summed E-state index contributed by atoms with van der Waals surface area (Å²) < 4.78 is 54.9. The maximum atomic E-state index is 11.5. The van der Waals surface area contributed by atoms with Gasteiger partial charge in [0.05, 0.1) is 5.75 Å². The fraction of sp³-hybridized carbons (Fsp3) is 0.500. The van der Waals surface area contributed by atoms with Crippen molar-refractivity contribution in [3.05, 3.63) is 11.6 Å². The van der Waals surface area contributed by atoms with E-state index in [9.17, 15) is 21.6 Å². The van der Waals surface area contributed by atoms with E-state index in [-0.39, 0.29) is 0 Å². The minimum absolute atomic E-state index is 0.553. The van der Waals surface area contributed by atoms with Gasteiger partial charge in [-0.25, -0.2) is 8.42 Å². The van der Waals surface area contributed by atoms with Crippen molar-refractivity contribution in [1.29, 1.82) is 0 Å². The first-order valence-electron chi connectivity index (χ1n) is 2.29.